The van der Waals surface area contributed by atoms with E-state index >= 15 is 0 Å². The van der Waals surface area contributed by atoms with E-state index in [-0.39, 0.29) is 17.4 Å². The molecule has 0 heterocycles. The van der Waals surface area contributed by atoms with Gasteiger partial charge in [-0.1, -0.05) is 6.66 Å². The zero-order chi connectivity index (χ0) is 12.0. The first-order valence-corrected chi connectivity index (χ1v) is 2.75. The van der Waals surface area contributed by atoms with Crippen LogP contribution in [0.1, 0.15) is 0 Å². The minimum Gasteiger partial charge on any atom is 0 e. The molecule has 1 atom stereocenters. The molecule has 0 saturated heterocycles. The zero-order valence-corrected chi connectivity index (χ0v) is 8.96. The van der Waals surface area contributed by atoms with Crippen LogP contribution in [0.4, 0.5) is 0 Å². The fourth-order valence-electron chi connectivity index (χ4n) is 0. The van der Waals surface area contributed by atoms with Gasteiger partial charge in [0.2, 0.25) is 0 Å². The molecule has 0 saturated carbocycles. The average molecular weight is 240 g/mol. The molecule has 1 unspecified atom stereocenters. The van der Waals surface area contributed by atoms with E-state index in [0.717, 1.165) is 0 Å². The van der Waals surface area contributed by atoms with E-state index in [2.05, 4.69) is 42.5 Å². The standard InChI is InChI=1S/5CO.CH5P.Cr/c6*1-2;/h;;;;;2H2,1H3;. The second-order valence-electron chi connectivity index (χ2n) is 0. The van der Waals surface area contributed by atoms with Crippen molar-refractivity contribution in [3.05, 3.63) is 33.3 Å². The molecule has 13 heavy (non-hydrogen) atoms. The van der Waals surface area contributed by atoms with Crippen molar-refractivity contribution in [2.75, 3.05) is 6.66 Å². The Morgan fingerprint density at radius 1 is 0.538 bits per heavy atom. The zero-order valence-electron chi connectivity index (χ0n) is 6.53. The van der Waals surface area contributed by atoms with E-state index in [0.29, 0.717) is 0 Å². The summed E-state index contributed by atoms with van der Waals surface area (Å²) in [5, 5.41) is 0. The van der Waals surface area contributed by atoms with Crippen molar-refractivity contribution in [2.24, 2.45) is 0 Å². The molecule has 0 rings (SSSR count). The maximum absolute atomic E-state index is 7.50. The Morgan fingerprint density at radius 2 is 0.538 bits per heavy atom. The van der Waals surface area contributed by atoms with E-state index in [1.54, 1.807) is 0 Å². The van der Waals surface area contributed by atoms with Crippen LogP contribution in [0.15, 0.2) is 0 Å². The van der Waals surface area contributed by atoms with Crippen LogP contribution in [0.2, 0.25) is 0 Å². The van der Waals surface area contributed by atoms with Gasteiger partial charge < -0.3 is 0 Å². The summed E-state index contributed by atoms with van der Waals surface area (Å²) in [7, 11) is 2.42. The second-order valence-corrected chi connectivity index (χ2v) is 0. The second kappa shape index (κ2) is 11600. The monoisotopic (exact) mass is 240 g/mol. The fourth-order valence-corrected chi connectivity index (χ4v) is 0. The van der Waals surface area contributed by atoms with E-state index in [4.69, 9.17) is 23.3 Å². The molecule has 70 valence electrons. The van der Waals surface area contributed by atoms with E-state index in [9.17, 15) is 0 Å². The first-order chi connectivity index (χ1) is 6.00. The van der Waals surface area contributed by atoms with Crippen LogP contribution in [-0.4, -0.2) is 6.66 Å². The van der Waals surface area contributed by atoms with Crippen LogP contribution < -0.4 is 0 Å². The SMILES string of the molecule is CP.[C-]#[O+].[C-]#[O+].[C-]#[O+].[C-]#[O+].[C-]#[O+].[Cr]. The molecule has 5 nitrogen and oxygen atoms in total. The van der Waals surface area contributed by atoms with Crippen LogP contribution in [0, 0.1) is 33.3 Å². The molecule has 0 bridgehead atoms. The van der Waals surface area contributed by atoms with E-state index < -0.39 is 0 Å². The third-order valence-electron chi connectivity index (χ3n) is 0. The molecule has 0 N–H and O–H groups in total. The van der Waals surface area contributed by atoms with Crippen LogP contribution in [-0.2, 0) is 40.6 Å². The van der Waals surface area contributed by atoms with Crippen molar-refractivity contribution in [2.45, 2.75) is 0 Å². The molecule has 0 aliphatic rings. The summed E-state index contributed by atoms with van der Waals surface area (Å²) in [4.78, 5) is 0. The Bertz CT molecular complexity index is 79.6. The largest absolute Gasteiger partial charge is 0 e. The summed E-state index contributed by atoms with van der Waals surface area (Å²) in [6.07, 6.45) is 0. The van der Waals surface area contributed by atoms with Crippen LogP contribution >= 0.6 is 9.24 Å². The maximum Gasteiger partial charge on any atom is 0 e. The summed E-state index contributed by atoms with van der Waals surface area (Å²) >= 11 is 0. The summed E-state index contributed by atoms with van der Waals surface area (Å²) in [5.74, 6) is 0. The van der Waals surface area contributed by atoms with Gasteiger partial charge in [0.25, 0.3) is 0 Å². The average Bonchev–Trinajstić information content (AvgIpc) is 2.33. The summed E-state index contributed by atoms with van der Waals surface area (Å²) in [6, 6.07) is 0. The summed E-state index contributed by atoms with van der Waals surface area (Å²) in [5.41, 5.74) is 0. The number of rotatable bonds is 0. The van der Waals surface area contributed by atoms with Gasteiger partial charge in [-0.2, -0.15) is 0 Å². The molecule has 7 heteroatoms. The minimum atomic E-state index is 0. The van der Waals surface area contributed by atoms with Crippen LogP contribution in [0.25, 0.3) is 0 Å². The van der Waals surface area contributed by atoms with Gasteiger partial charge in [-0.05, 0) is 0 Å². The molecule has 0 aliphatic heterocycles. The molecule has 0 aromatic rings. The quantitative estimate of drug-likeness (QED) is 0.330. The first-order valence-electron chi connectivity index (χ1n) is 1.60. The Balaban J connectivity index is -0.00000000655. The third-order valence-corrected chi connectivity index (χ3v) is 0. The van der Waals surface area contributed by atoms with Gasteiger partial charge in [0.15, 0.2) is 0 Å². The maximum atomic E-state index is 7.50. The van der Waals surface area contributed by atoms with Gasteiger partial charge in [0.1, 0.15) is 0 Å². The molecule has 0 radical (unpaired) electrons. The van der Waals surface area contributed by atoms with Crippen molar-refractivity contribution in [1.29, 1.82) is 0 Å². The van der Waals surface area contributed by atoms with Crippen molar-refractivity contribution in [3.8, 4) is 0 Å². The molecule has 0 fully saturated rings. The van der Waals surface area contributed by atoms with Crippen molar-refractivity contribution >= 4 is 9.24 Å². The third kappa shape index (κ3) is 9560. The Kier molecular flexibility index (Phi) is 48100. The van der Waals surface area contributed by atoms with E-state index in [1.807, 2.05) is 6.66 Å². The van der Waals surface area contributed by atoms with Gasteiger partial charge in [0, 0.05) is 17.4 Å². The van der Waals surface area contributed by atoms with Crippen LogP contribution in [0.3, 0.4) is 0 Å². The predicted molar refractivity (Wildman–Crippen MR) is 35.3 cm³/mol. The fraction of sp³-hybridized carbons (Fsp3) is 0.167. The van der Waals surface area contributed by atoms with Crippen molar-refractivity contribution in [3.63, 3.8) is 0 Å². The molecular formula is C6H5CrO5P. The first kappa shape index (κ1) is 53.7. The van der Waals surface area contributed by atoms with Gasteiger partial charge >= 0.3 is 56.5 Å². The van der Waals surface area contributed by atoms with Crippen LogP contribution in [0.5, 0.6) is 0 Å². The predicted octanol–water partition coefficient (Wildman–Crippen LogP) is 0.301. The van der Waals surface area contributed by atoms with Crippen molar-refractivity contribution in [1.82, 2.24) is 0 Å². The Morgan fingerprint density at radius 3 is 0.538 bits per heavy atom. The molecule has 0 spiro atoms. The molecule has 0 aromatic carbocycles. The molecular weight excluding hydrogens is 235 g/mol. The Labute approximate surface area is 90.2 Å². The minimum absolute atomic E-state index is 0. The van der Waals surface area contributed by atoms with Gasteiger partial charge in [0.05, 0.1) is 0 Å². The normalized spacial score (nSPS) is 1.23. The van der Waals surface area contributed by atoms with Crippen molar-refractivity contribution < 1.29 is 40.6 Å². The Hall–Kier alpha value is -0.338. The number of hydrogen-bond donors (Lipinski definition) is 0. The van der Waals surface area contributed by atoms with Gasteiger partial charge in [-0.15, -0.1) is 9.24 Å². The van der Waals surface area contributed by atoms with E-state index in [1.165, 1.54) is 0 Å². The number of hydrogen-bond acceptors (Lipinski definition) is 0. The topological polar surface area (TPSA) is 99.5 Å². The summed E-state index contributed by atoms with van der Waals surface area (Å²) < 4.78 is 37.5. The summed E-state index contributed by atoms with van der Waals surface area (Å²) in [6.45, 7) is 24.4. The molecule has 0 aromatic heterocycles. The van der Waals surface area contributed by atoms with Gasteiger partial charge in [-0.25, -0.2) is 0 Å². The molecule has 0 aliphatic carbocycles. The van der Waals surface area contributed by atoms with Gasteiger partial charge in [-0.3, -0.25) is 0 Å². The molecule has 0 amide bonds. The smallest absolute Gasteiger partial charge is 0 e.